The van der Waals surface area contributed by atoms with E-state index in [4.69, 9.17) is 23.2 Å². The molecule has 0 bridgehead atoms. The van der Waals surface area contributed by atoms with Gasteiger partial charge in [0.05, 0.1) is 10.0 Å². The van der Waals surface area contributed by atoms with Crippen molar-refractivity contribution in [2.24, 2.45) is 4.99 Å². The summed E-state index contributed by atoms with van der Waals surface area (Å²) in [5.41, 5.74) is 0.556. The zero-order valence-corrected chi connectivity index (χ0v) is 14.5. The number of anilines is 1. The number of aliphatic imine (C=N–C) groups is 1. The Hall–Kier alpha value is -1.24. The molecule has 2 aliphatic heterocycles. The van der Waals surface area contributed by atoms with Crippen LogP contribution in [0.1, 0.15) is 19.3 Å². The first kappa shape index (κ1) is 16.6. The first-order chi connectivity index (χ1) is 11.0. The number of hydrogen-bond donors (Lipinski definition) is 1. The van der Waals surface area contributed by atoms with E-state index in [0.717, 1.165) is 31.1 Å². The average molecular weight is 372 g/mol. The van der Waals surface area contributed by atoms with Crippen molar-refractivity contribution >= 4 is 57.6 Å². The van der Waals surface area contributed by atoms with Gasteiger partial charge >= 0.3 is 0 Å². The zero-order chi connectivity index (χ0) is 16.4. The largest absolute Gasteiger partial charge is 0.351 e. The topological polar surface area (TPSA) is 61.8 Å². The molecule has 2 heterocycles. The van der Waals surface area contributed by atoms with Crippen LogP contribution in [-0.2, 0) is 9.59 Å². The van der Waals surface area contributed by atoms with Crippen molar-refractivity contribution in [2.75, 3.05) is 18.4 Å². The van der Waals surface area contributed by atoms with Crippen molar-refractivity contribution in [3.05, 3.63) is 28.2 Å². The quantitative estimate of drug-likeness (QED) is 0.883. The molecule has 2 aliphatic rings. The summed E-state index contributed by atoms with van der Waals surface area (Å²) >= 11 is 13.1. The summed E-state index contributed by atoms with van der Waals surface area (Å²) in [6, 6.07) is 4.86. The van der Waals surface area contributed by atoms with Gasteiger partial charge in [0.1, 0.15) is 5.25 Å². The van der Waals surface area contributed by atoms with E-state index in [1.54, 1.807) is 18.2 Å². The molecule has 0 aromatic heterocycles. The molecule has 1 aromatic rings. The Morgan fingerprint density at radius 3 is 2.74 bits per heavy atom. The minimum Gasteiger partial charge on any atom is -0.351 e. The summed E-state index contributed by atoms with van der Waals surface area (Å²) in [7, 11) is 0. The number of halogens is 2. The Morgan fingerprint density at radius 2 is 2.04 bits per heavy atom. The van der Waals surface area contributed by atoms with Crippen molar-refractivity contribution in [3.63, 3.8) is 0 Å². The fourth-order valence-corrected chi connectivity index (χ4v) is 3.92. The van der Waals surface area contributed by atoms with Crippen molar-refractivity contribution in [1.29, 1.82) is 0 Å². The molecule has 0 spiro atoms. The number of hydrogen-bond acceptors (Lipinski definition) is 4. The smallest absolute Gasteiger partial charge is 0.262 e. The van der Waals surface area contributed by atoms with E-state index in [2.05, 4.69) is 15.2 Å². The highest BCUT2D eigenvalue weighted by atomic mass is 35.5. The first-order valence-electron chi connectivity index (χ1n) is 7.32. The van der Waals surface area contributed by atoms with Gasteiger partial charge in [-0.1, -0.05) is 35.0 Å². The molecule has 1 unspecified atom stereocenters. The van der Waals surface area contributed by atoms with Crippen LogP contribution in [0.2, 0.25) is 10.0 Å². The number of amides is 2. The lowest BCUT2D eigenvalue weighted by atomic mass is 10.2. The van der Waals surface area contributed by atoms with E-state index in [9.17, 15) is 9.59 Å². The highest BCUT2D eigenvalue weighted by Gasteiger charge is 2.33. The lowest BCUT2D eigenvalue weighted by molar-refractivity contribution is -0.121. The minimum atomic E-state index is -0.451. The van der Waals surface area contributed by atoms with Crippen molar-refractivity contribution in [3.8, 4) is 0 Å². The molecule has 2 amide bonds. The Labute approximate surface area is 148 Å². The molecule has 1 N–H and O–H groups in total. The van der Waals surface area contributed by atoms with Gasteiger partial charge in [0.25, 0.3) is 5.91 Å². The van der Waals surface area contributed by atoms with Crippen LogP contribution in [0, 0.1) is 0 Å². The summed E-state index contributed by atoms with van der Waals surface area (Å²) in [4.78, 5) is 30.3. The van der Waals surface area contributed by atoms with Gasteiger partial charge in [-0.15, -0.1) is 0 Å². The van der Waals surface area contributed by atoms with Crippen LogP contribution in [0.4, 0.5) is 5.69 Å². The van der Waals surface area contributed by atoms with E-state index < -0.39 is 5.25 Å². The predicted octanol–water partition coefficient (Wildman–Crippen LogP) is 3.42. The molecule has 0 aliphatic carbocycles. The molecule has 1 aromatic carbocycles. The Bertz CT molecular complexity index is 675. The zero-order valence-electron chi connectivity index (χ0n) is 12.2. The van der Waals surface area contributed by atoms with Gasteiger partial charge < -0.3 is 10.2 Å². The van der Waals surface area contributed by atoms with E-state index in [1.165, 1.54) is 11.8 Å². The van der Waals surface area contributed by atoms with Crippen LogP contribution in [0.3, 0.4) is 0 Å². The Morgan fingerprint density at radius 1 is 1.30 bits per heavy atom. The van der Waals surface area contributed by atoms with Crippen molar-refractivity contribution in [1.82, 2.24) is 4.90 Å². The van der Waals surface area contributed by atoms with Gasteiger partial charge in [0.2, 0.25) is 5.91 Å². The molecule has 1 atom stereocenters. The second-order valence-electron chi connectivity index (χ2n) is 5.41. The van der Waals surface area contributed by atoms with Gasteiger partial charge in [-0.2, -0.15) is 4.99 Å². The molecule has 0 radical (unpaired) electrons. The van der Waals surface area contributed by atoms with Crippen molar-refractivity contribution < 1.29 is 9.59 Å². The van der Waals surface area contributed by atoms with E-state index >= 15 is 0 Å². The molecule has 1 fully saturated rings. The molecular formula is C15H15Cl2N3O2S. The maximum absolute atomic E-state index is 12.1. The lowest BCUT2D eigenvalue weighted by Gasteiger charge is -2.16. The number of carbonyl (C=O) groups excluding carboxylic acids is 2. The maximum Gasteiger partial charge on any atom is 0.262 e. The predicted molar refractivity (Wildman–Crippen MR) is 94.3 cm³/mol. The second-order valence-corrected chi connectivity index (χ2v) is 7.40. The Balaban J connectivity index is 1.56. The number of amidine groups is 1. The molecule has 23 heavy (non-hydrogen) atoms. The standard InChI is InChI=1S/C15H15Cl2N3O2S/c16-10-4-3-9(7-11(10)17)18-13(21)8-12-14(22)19-15(23-12)20-5-1-2-6-20/h3-4,7,12H,1-2,5-6,8H2,(H,18,21). The van der Waals surface area contributed by atoms with Crippen LogP contribution in [0.25, 0.3) is 0 Å². The summed E-state index contributed by atoms with van der Waals surface area (Å²) in [6.07, 6.45) is 2.33. The fraction of sp³-hybridized carbons (Fsp3) is 0.400. The molecule has 0 saturated carbocycles. The highest BCUT2D eigenvalue weighted by Crippen LogP contribution is 2.30. The van der Waals surface area contributed by atoms with Crippen molar-refractivity contribution in [2.45, 2.75) is 24.5 Å². The summed E-state index contributed by atoms with van der Waals surface area (Å²) in [6.45, 7) is 1.86. The average Bonchev–Trinajstić information content (AvgIpc) is 3.13. The highest BCUT2D eigenvalue weighted by molar-refractivity contribution is 8.15. The number of nitrogens with zero attached hydrogens (tertiary/aromatic N) is 2. The third-order valence-corrected chi connectivity index (χ3v) is 5.63. The molecule has 5 nitrogen and oxygen atoms in total. The van der Waals surface area contributed by atoms with E-state index in [-0.39, 0.29) is 18.2 Å². The molecule has 8 heteroatoms. The fourth-order valence-electron chi connectivity index (χ4n) is 2.51. The number of carbonyl (C=O) groups is 2. The number of thioether (sulfide) groups is 1. The molecule has 1 saturated heterocycles. The molecule has 122 valence electrons. The molecular weight excluding hydrogens is 357 g/mol. The number of likely N-dealkylation sites (tertiary alicyclic amines) is 1. The number of rotatable bonds is 3. The monoisotopic (exact) mass is 371 g/mol. The van der Waals surface area contributed by atoms with Gasteiger partial charge in [0.15, 0.2) is 5.17 Å². The van der Waals surface area contributed by atoms with Gasteiger partial charge in [-0.05, 0) is 31.0 Å². The normalized spacial score (nSPS) is 20.8. The lowest BCUT2D eigenvalue weighted by Crippen LogP contribution is -2.25. The van der Waals surface area contributed by atoms with Gasteiger partial charge in [-0.3, -0.25) is 9.59 Å². The molecule has 3 rings (SSSR count). The summed E-state index contributed by atoms with van der Waals surface area (Å²) in [5.74, 6) is -0.478. The van der Waals surface area contributed by atoms with Crippen LogP contribution in [0.5, 0.6) is 0 Å². The van der Waals surface area contributed by atoms with Crippen LogP contribution >= 0.6 is 35.0 Å². The van der Waals surface area contributed by atoms with Crippen LogP contribution < -0.4 is 5.32 Å². The number of nitrogens with one attached hydrogen (secondary N) is 1. The van der Waals surface area contributed by atoms with E-state index in [0.29, 0.717) is 15.7 Å². The summed E-state index contributed by atoms with van der Waals surface area (Å²) < 4.78 is 0. The summed E-state index contributed by atoms with van der Waals surface area (Å²) in [5, 5.41) is 3.83. The second kappa shape index (κ2) is 7.11. The SMILES string of the molecule is O=C(CC1SC(N2CCCC2)=NC1=O)Nc1ccc(Cl)c(Cl)c1. The first-order valence-corrected chi connectivity index (χ1v) is 8.95. The van der Waals surface area contributed by atoms with E-state index in [1.807, 2.05) is 0 Å². The van der Waals surface area contributed by atoms with Gasteiger partial charge in [-0.25, -0.2) is 0 Å². The third kappa shape index (κ3) is 4.00. The third-order valence-electron chi connectivity index (χ3n) is 3.68. The van der Waals surface area contributed by atoms with Crippen LogP contribution in [-0.4, -0.2) is 40.2 Å². The maximum atomic E-state index is 12.1. The van der Waals surface area contributed by atoms with Crippen LogP contribution in [0.15, 0.2) is 23.2 Å². The Kier molecular flexibility index (Phi) is 5.14. The minimum absolute atomic E-state index is 0.0879. The number of benzene rings is 1. The van der Waals surface area contributed by atoms with Gasteiger partial charge in [0, 0.05) is 25.2 Å².